The number of carbonyl (C=O) groups excluding carboxylic acids is 1. The molecule has 1 N–H and O–H groups in total. The van der Waals surface area contributed by atoms with Crippen molar-refractivity contribution in [2.45, 2.75) is 64.7 Å². The molecular formula is C21H30N4OS. The number of hydrogen-bond donors (Lipinski definition) is 1. The standard InChI is InChI=1S/C21H30N4OS/c1-5-25-20(17-11-7-6-9-15(17)3)23-24-21(25)27-13-19(26)22-18-12-8-10-14(2)16(18)4/h6-7,9,11,14,16,18H,5,8,10,12-13H2,1-4H3,(H,22,26)/t14-,16-,18-/m0/s1. The fourth-order valence-corrected chi connectivity index (χ4v) is 4.68. The van der Waals surface area contributed by atoms with Crippen LogP contribution in [0.1, 0.15) is 45.6 Å². The Balaban J connectivity index is 1.64. The zero-order chi connectivity index (χ0) is 19.4. The number of aromatic nitrogens is 3. The van der Waals surface area contributed by atoms with Crippen molar-refractivity contribution in [2.24, 2.45) is 11.8 Å². The van der Waals surface area contributed by atoms with Gasteiger partial charge in [-0.25, -0.2) is 0 Å². The number of amides is 1. The van der Waals surface area contributed by atoms with Crippen LogP contribution in [0, 0.1) is 18.8 Å². The lowest BCUT2D eigenvalue weighted by Crippen LogP contribution is -2.44. The van der Waals surface area contributed by atoms with Gasteiger partial charge in [-0.05, 0) is 37.7 Å². The summed E-state index contributed by atoms with van der Waals surface area (Å²) < 4.78 is 2.09. The molecule has 6 heteroatoms. The van der Waals surface area contributed by atoms with Gasteiger partial charge in [-0.2, -0.15) is 0 Å². The lowest BCUT2D eigenvalue weighted by Gasteiger charge is -2.34. The Hall–Kier alpha value is -1.82. The Labute approximate surface area is 166 Å². The van der Waals surface area contributed by atoms with E-state index < -0.39 is 0 Å². The Morgan fingerprint density at radius 1 is 1.26 bits per heavy atom. The normalized spacial score (nSPS) is 22.6. The molecule has 1 heterocycles. The van der Waals surface area contributed by atoms with E-state index >= 15 is 0 Å². The third-order valence-corrected chi connectivity index (χ3v) is 6.77. The van der Waals surface area contributed by atoms with E-state index in [9.17, 15) is 4.79 Å². The van der Waals surface area contributed by atoms with Gasteiger partial charge in [0.05, 0.1) is 5.75 Å². The number of nitrogens with zero attached hydrogens (tertiary/aromatic N) is 3. The Morgan fingerprint density at radius 3 is 2.78 bits per heavy atom. The number of nitrogens with one attached hydrogen (secondary N) is 1. The SMILES string of the molecule is CCn1c(SCC(=O)N[C@H]2CCC[C@H](C)[C@@H]2C)nnc1-c1ccccc1C. The van der Waals surface area contributed by atoms with Gasteiger partial charge < -0.3 is 9.88 Å². The maximum atomic E-state index is 12.5. The summed E-state index contributed by atoms with van der Waals surface area (Å²) in [5, 5.41) is 12.8. The van der Waals surface area contributed by atoms with Crippen LogP contribution in [0.15, 0.2) is 29.4 Å². The molecule has 27 heavy (non-hydrogen) atoms. The number of benzene rings is 1. The van der Waals surface area contributed by atoms with Crippen molar-refractivity contribution < 1.29 is 4.79 Å². The molecule has 2 aromatic rings. The average molecular weight is 387 g/mol. The van der Waals surface area contributed by atoms with Gasteiger partial charge in [-0.1, -0.05) is 62.7 Å². The fraction of sp³-hybridized carbons (Fsp3) is 0.571. The Bertz CT molecular complexity index is 788. The number of hydrogen-bond acceptors (Lipinski definition) is 4. The summed E-state index contributed by atoms with van der Waals surface area (Å²) >= 11 is 1.47. The molecule has 0 unspecified atom stereocenters. The highest BCUT2D eigenvalue weighted by Gasteiger charge is 2.28. The summed E-state index contributed by atoms with van der Waals surface area (Å²) in [6.07, 6.45) is 3.56. The average Bonchev–Trinajstić information content (AvgIpc) is 3.07. The van der Waals surface area contributed by atoms with Crippen molar-refractivity contribution in [3.8, 4) is 11.4 Å². The van der Waals surface area contributed by atoms with Crippen molar-refractivity contribution in [3.63, 3.8) is 0 Å². The van der Waals surface area contributed by atoms with Crippen LogP contribution in [0.5, 0.6) is 0 Å². The van der Waals surface area contributed by atoms with Crippen molar-refractivity contribution in [2.75, 3.05) is 5.75 Å². The van der Waals surface area contributed by atoms with Crippen LogP contribution in [-0.4, -0.2) is 32.5 Å². The molecule has 0 aliphatic heterocycles. The number of rotatable bonds is 6. The summed E-state index contributed by atoms with van der Waals surface area (Å²) in [5.41, 5.74) is 2.27. The first-order chi connectivity index (χ1) is 13.0. The largest absolute Gasteiger partial charge is 0.352 e. The second kappa shape index (κ2) is 8.91. The highest BCUT2D eigenvalue weighted by Crippen LogP contribution is 2.30. The zero-order valence-corrected chi connectivity index (χ0v) is 17.6. The molecule has 1 amide bonds. The topological polar surface area (TPSA) is 59.8 Å². The number of aryl methyl sites for hydroxylation is 1. The molecule has 146 valence electrons. The molecule has 3 atom stereocenters. The van der Waals surface area contributed by atoms with Gasteiger partial charge in [0.1, 0.15) is 0 Å². The number of carbonyl (C=O) groups is 1. The minimum atomic E-state index is 0.0917. The van der Waals surface area contributed by atoms with E-state index in [2.05, 4.69) is 59.9 Å². The van der Waals surface area contributed by atoms with E-state index in [0.29, 0.717) is 23.6 Å². The molecule has 1 aromatic carbocycles. The van der Waals surface area contributed by atoms with Crippen molar-refractivity contribution in [1.82, 2.24) is 20.1 Å². The number of thioether (sulfide) groups is 1. The summed E-state index contributed by atoms with van der Waals surface area (Å²) in [6, 6.07) is 8.49. The second-order valence-electron chi connectivity index (χ2n) is 7.60. The predicted octanol–water partition coefficient (Wildman–Crippen LogP) is 4.31. The third-order valence-electron chi connectivity index (χ3n) is 5.80. The van der Waals surface area contributed by atoms with Gasteiger partial charge in [-0.3, -0.25) is 4.79 Å². The first-order valence-electron chi connectivity index (χ1n) is 9.92. The quantitative estimate of drug-likeness (QED) is 0.752. The highest BCUT2D eigenvalue weighted by molar-refractivity contribution is 7.99. The predicted molar refractivity (Wildman–Crippen MR) is 111 cm³/mol. The highest BCUT2D eigenvalue weighted by atomic mass is 32.2. The molecule has 0 radical (unpaired) electrons. The van der Waals surface area contributed by atoms with Crippen LogP contribution in [-0.2, 0) is 11.3 Å². The van der Waals surface area contributed by atoms with E-state index in [1.807, 2.05) is 12.1 Å². The van der Waals surface area contributed by atoms with Crippen LogP contribution in [0.3, 0.4) is 0 Å². The molecule has 1 aliphatic carbocycles. The third kappa shape index (κ3) is 4.54. The summed E-state index contributed by atoms with van der Waals surface area (Å²) in [4.78, 5) is 12.5. The maximum Gasteiger partial charge on any atom is 0.230 e. The molecule has 0 saturated heterocycles. The molecular weight excluding hydrogens is 356 g/mol. The Morgan fingerprint density at radius 2 is 2.04 bits per heavy atom. The molecule has 3 rings (SSSR count). The van der Waals surface area contributed by atoms with Crippen LogP contribution < -0.4 is 5.32 Å². The molecule has 0 bridgehead atoms. The molecule has 5 nitrogen and oxygen atoms in total. The maximum absolute atomic E-state index is 12.5. The van der Waals surface area contributed by atoms with Gasteiger partial charge >= 0.3 is 0 Å². The first-order valence-corrected chi connectivity index (χ1v) is 10.9. The molecule has 0 spiro atoms. The molecule has 1 saturated carbocycles. The van der Waals surface area contributed by atoms with Crippen LogP contribution in [0.2, 0.25) is 0 Å². The van der Waals surface area contributed by atoms with Gasteiger partial charge in [0.2, 0.25) is 5.91 Å². The van der Waals surface area contributed by atoms with E-state index in [-0.39, 0.29) is 5.91 Å². The van der Waals surface area contributed by atoms with Gasteiger partial charge in [0.15, 0.2) is 11.0 Å². The minimum absolute atomic E-state index is 0.0917. The molecule has 1 fully saturated rings. The summed E-state index contributed by atoms with van der Waals surface area (Å²) in [6.45, 7) is 9.48. The lowest BCUT2D eigenvalue weighted by atomic mass is 9.78. The van der Waals surface area contributed by atoms with Crippen molar-refractivity contribution in [1.29, 1.82) is 0 Å². The lowest BCUT2D eigenvalue weighted by molar-refractivity contribution is -0.120. The van der Waals surface area contributed by atoms with Gasteiger partial charge in [-0.15, -0.1) is 10.2 Å². The second-order valence-corrected chi connectivity index (χ2v) is 8.54. The summed E-state index contributed by atoms with van der Waals surface area (Å²) in [7, 11) is 0. The van der Waals surface area contributed by atoms with E-state index in [1.54, 1.807) is 0 Å². The van der Waals surface area contributed by atoms with Gasteiger partial charge in [0, 0.05) is 18.2 Å². The van der Waals surface area contributed by atoms with Crippen molar-refractivity contribution in [3.05, 3.63) is 29.8 Å². The Kier molecular flexibility index (Phi) is 6.58. The monoisotopic (exact) mass is 386 g/mol. The fourth-order valence-electron chi connectivity index (χ4n) is 3.87. The zero-order valence-electron chi connectivity index (χ0n) is 16.7. The van der Waals surface area contributed by atoms with E-state index in [4.69, 9.17) is 0 Å². The molecule has 1 aliphatic rings. The van der Waals surface area contributed by atoms with E-state index in [1.165, 1.54) is 30.2 Å². The van der Waals surface area contributed by atoms with Crippen LogP contribution in [0.25, 0.3) is 11.4 Å². The first kappa shape index (κ1) is 19.9. The van der Waals surface area contributed by atoms with Crippen molar-refractivity contribution >= 4 is 17.7 Å². The van der Waals surface area contributed by atoms with Gasteiger partial charge in [0.25, 0.3) is 0 Å². The van der Waals surface area contributed by atoms with Crippen LogP contribution in [0.4, 0.5) is 0 Å². The molecule has 1 aromatic heterocycles. The van der Waals surface area contributed by atoms with E-state index in [0.717, 1.165) is 29.5 Å². The van der Waals surface area contributed by atoms with Crippen LogP contribution >= 0.6 is 11.8 Å². The summed E-state index contributed by atoms with van der Waals surface area (Å²) in [5.74, 6) is 2.56. The smallest absolute Gasteiger partial charge is 0.230 e. The minimum Gasteiger partial charge on any atom is -0.352 e.